The predicted molar refractivity (Wildman–Crippen MR) is 175 cm³/mol. The number of anilines is 1. The molecule has 0 radical (unpaired) electrons. The van der Waals surface area contributed by atoms with Crippen molar-refractivity contribution in [1.29, 1.82) is 0 Å². The molecule has 5 heterocycles. The number of carbonyl (C=O) groups is 1. The number of aromatic nitrogens is 7. The van der Waals surface area contributed by atoms with Crippen LogP contribution >= 0.6 is 0 Å². The van der Waals surface area contributed by atoms with Crippen molar-refractivity contribution in [2.45, 2.75) is 32.1 Å². The van der Waals surface area contributed by atoms with Gasteiger partial charge in [-0.05, 0) is 63.3 Å². The minimum atomic E-state index is -0.422. The Labute approximate surface area is 264 Å². The first kappa shape index (κ1) is 29.5. The van der Waals surface area contributed by atoms with Gasteiger partial charge in [0.05, 0.1) is 34.3 Å². The van der Waals surface area contributed by atoms with Crippen LogP contribution in [0.4, 0.5) is 10.1 Å². The standard InChI is InChI=1S/C34H34FN9O2/c1-44(2)12-13-46-25-16-21(14-23(35)17-25)29-30-27(10-11-37-29)40-33(41-30)32-31-28(42-43-32)9-8-26(39-31)22-15-24(19-36-18-22)38-34(45)20-6-4-3-5-7-20/h8-11,14-20H,3-7,12-13H2,1-2H3,(H,38,45)(H,40,41)(H,42,43). The van der Waals surface area contributed by atoms with E-state index in [2.05, 4.69) is 30.5 Å². The minimum Gasteiger partial charge on any atom is -0.492 e. The van der Waals surface area contributed by atoms with E-state index in [0.29, 0.717) is 64.1 Å². The van der Waals surface area contributed by atoms with E-state index in [1.54, 1.807) is 24.7 Å². The summed E-state index contributed by atoms with van der Waals surface area (Å²) in [4.78, 5) is 36.8. The lowest BCUT2D eigenvalue weighted by Gasteiger charge is -2.20. The van der Waals surface area contributed by atoms with Crippen molar-refractivity contribution in [3.05, 3.63) is 66.9 Å². The normalized spacial score (nSPS) is 13.9. The van der Waals surface area contributed by atoms with Crippen molar-refractivity contribution in [3.63, 3.8) is 0 Å². The summed E-state index contributed by atoms with van der Waals surface area (Å²) in [6, 6.07) is 12.1. The number of carbonyl (C=O) groups excluding carboxylic acids is 1. The molecule has 3 N–H and O–H groups in total. The molecule has 0 spiro atoms. The second kappa shape index (κ2) is 12.6. The van der Waals surface area contributed by atoms with E-state index in [1.807, 2.05) is 43.3 Å². The molecule has 6 aromatic rings. The van der Waals surface area contributed by atoms with Crippen molar-refractivity contribution in [1.82, 2.24) is 40.0 Å². The predicted octanol–water partition coefficient (Wildman–Crippen LogP) is 6.22. The number of nitrogens with one attached hydrogen (secondary N) is 3. The highest BCUT2D eigenvalue weighted by Crippen LogP contribution is 2.33. The van der Waals surface area contributed by atoms with E-state index < -0.39 is 5.82 Å². The van der Waals surface area contributed by atoms with E-state index in [1.165, 1.54) is 18.6 Å². The second-order valence-electron chi connectivity index (χ2n) is 11.9. The molecule has 5 aromatic heterocycles. The lowest BCUT2D eigenvalue weighted by Crippen LogP contribution is -2.24. The smallest absolute Gasteiger partial charge is 0.227 e. The molecule has 0 saturated heterocycles. The second-order valence-corrected chi connectivity index (χ2v) is 11.9. The van der Waals surface area contributed by atoms with Crippen LogP contribution in [0.25, 0.3) is 56.1 Å². The maximum atomic E-state index is 14.7. The number of H-pyrrole nitrogens is 2. The molecular formula is C34H34FN9O2. The molecule has 1 fully saturated rings. The van der Waals surface area contributed by atoms with Gasteiger partial charge in [-0.2, -0.15) is 5.10 Å². The number of nitrogens with zero attached hydrogens (tertiary/aromatic N) is 6. The Hall–Kier alpha value is -5.23. The summed E-state index contributed by atoms with van der Waals surface area (Å²) >= 11 is 0. The van der Waals surface area contributed by atoms with Gasteiger partial charge in [0.25, 0.3) is 0 Å². The Kier molecular flexibility index (Phi) is 8.10. The van der Waals surface area contributed by atoms with Crippen LogP contribution in [0.15, 0.2) is 61.1 Å². The first-order valence-electron chi connectivity index (χ1n) is 15.5. The van der Waals surface area contributed by atoms with Crippen molar-refractivity contribution < 1.29 is 13.9 Å². The van der Waals surface area contributed by atoms with Gasteiger partial charge in [0.15, 0.2) is 11.5 Å². The molecule has 0 aliphatic heterocycles. The van der Waals surface area contributed by atoms with Crippen LogP contribution in [-0.4, -0.2) is 73.2 Å². The van der Waals surface area contributed by atoms with Gasteiger partial charge in [-0.15, -0.1) is 0 Å². The fourth-order valence-electron chi connectivity index (χ4n) is 5.87. The molecule has 11 nitrogen and oxygen atoms in total. The maximum Gasteiger partial charge on any atom is 0.227 e. The molecule has 0 atom stereocenters. The molecular weight excluding hydrogens is 585 g/mol. The highest BCUT2D eigenvalue weighted by molar-refractivity contribution is 5.96. The number of ether oxygens (including phenoxy) is 1. The molecule has 234 valence electrons. The van der Waals surface area contributed by atoms with Gasteiger partial charge in [-0.1, -0.05) is 19.3 Å². The topological polar surface area (TPSA) is 138 Å². The number of likely N-dealkylation sites (N-methyl/N-ethyl adjacent to an activating group) is 1. The summed E-state index contributed by atoms with van der Waals surface area (Å²) in [5.41, 5.74) is 6.32. The fraction of sp³-hybridized carbons (Fsp3) is 0.294. The molecule has 1 amide bonds. The van der Waals surface area contributed by atoms with E-state index >= 15 is 0 Å². The molecule has 7 rings (SSSR count). The lowest BCUT2D eigenvalue weighted by atomic mass is 9.88. The van der Waals surface area contributed by atoms with E-state index in [-0.39, 0.29) is 11.8 Å². The number of imidazole rings is 1. The average Bonchev–Trinajstić information content (AvgIpc) is 3.69. The minimum absolute atomic E-state index is 0.0456. The molecule has 1 saturated carbocycles. The summed E-state index contributed by atoms with van der Waals surface area (Å²) in [7, 11) is 3.90. The van der Waals surface area contributed by atoms with Gasteiger partial charge in [0.2, 0.25) is 5.91 Å². The van der Waals surface area contributed by atoms with Crippen LogP contribution < -0.4 is 10.1 Å². The number of fused-ring (bicyclic) bond motifs is 2. The molecule has 1 aromatic carbocycles. The zero-order valence-electron chi connectivity index (χ0n) is 25.7. The van der Waals surface area contributed by atoms with Crippen LogP contribution in [0.1, 0.15) is 32.1 Å². The van der Waals surface area contributed by atoms with Gasteiger partial charge in [0.1, 0.15) is 29.2 Å². The number of amides is 1. The van der Waals surface area contributed by atoms with Crippen molar-refractivity contribution in [3.8, 4) is 39.8 Å². The third-order valence-corrected chi connectivity index (χ3v) is 8.26. The summed E-state index contributed by atoms with van der Waals surface area (Å²) in [5.74, 6) is 0.585. The third-order valence-electron chi connectivity index (χ3n) is 8.26. The molecule has 0 bridgehead atoms. The molecule has 1 aliphatic carbocycles. The largest absolute Gasteiger partial charge is 0.492 e. The molecule has 12 heteroatoms. The van der Waals surface area contributed by atoms with Crippen molar-refractivity contribution in [2.75, 3.05) is 32.6 Å². The van der Waals surface area contributed by atoms with Crippen LogP contribution in [-0.2, 0) is 4.79 Å². The van der Waals surface area contributed by atoms with Crippen LogP contribution in [0.5, 0.6) is 5.75 Å². The van der Waals surface area contributed by atoms with Gasteiger partial charge < -0.3 is 19.9 Å². The van der Waals surface area contributed by atoms with Gasteiger partial charge in [0, 0.05) is 42.0 Å². The van der Waals surface area contributed by atoms with E-state index in [4.69, 9.17) is 14.7 Å². The number of benzene rings is 1. The average molecular weight is 620 g/mol. The van der Waals surface area contributed by atoms with Gasteiger partial charge in [-0.3, -0.25) is 19.9 Å². The number of hydrogen-bond acceptors (Lipinski definition) is 8. The zero-order valence-corrected chi connectivity index (χ0v) is 25.7. The Morgan fingerprint density at radius 1 is 0.978 bits per heavy atom. The van der Waals surface area contributed by atoms with Crippen LogP contribution in [0.2, 0.25) is 0 Å². The monoisotopic (exact) mass is 619 g/mol. The summed E-state index contributed by atoms with van der Waals surface area (Å²) in [6.45, 7) is 1.13. The highest BCUT2D eigenvalue weighted by atomic mass is 19.1. The van der Waals surface area contributed by atoms with Crippen molar-refractivity contribution >= 4 is 33.7 Å². The fourth-order valence-corrected chi connectivity index (χ4v) is 5.87. The van der Waals surface area contributed by atoms with Crippen molar-refractivity contribution in [2.24, 2.45) is 5.92 Å². The SMILES string of the molecule is CN(C)CCOc1cc(F)cc(-c2nccc3[nH]c(-c4n[nH]c5ccc(-c6cncc(NC(=O)C7CCCCC7)c6)nc45)nc23)c1. The zero-order chi connectivity index (χ0) is 31.6. The van der Waals surface area contributed by atoms with E-state index in [9.17, 15) is 9.18 Å². The molecule has 1 aliphatic rings. The summed E-state index contributed by atoms with van der Waals surface area (Å²) < 4.78 is 20.5. The highest BCUT2D eigenvalue weighted by Gasteiger charge is 2.22. The Balaban J connectivity index is 1.19. The summed E-state index contributed by atoms with van der Waals surface area (Å²) in [5, 5.41) is 10.6. The maximum absolute atomic E-state index is 14.7. The van der Waals surface area contributed by atoms with Crippen LogP contribution in [0, 0.1) is 11.7 Å². The Morgan fingerprint density at radius 3 is 2.67 bits per heavy atom. The quantitative estimate of drug-likeness (QED) is 0.173. The number of hydrogen-bond donors (Lipinski definition) is 3. The number of halogens is 1. The van der Waals surface area contributed by atoms with Gasteiger partial charge in [-0.25, -0.2) is 14.4 Å². The lowest BCUT2D eigenvalue weighted by molar-refractivity contribution is -0.120. The number of pyridine rings is 3. The summed E-state index contributed by atoms with van der Waals surface area (Å²) in [6.07, 6.45) is 10.3. The Morgan fingerprint density at radius 2 is 1.83 bits per heavy atom. The first-order valence-corrected chi connectivity index (χ1v) is 15.5. The first-order chi connectivity index (χ1) is 22.4. The Bertz CT molecular complexity index is 2030. The number of rotatable bonds is 9. The number of aromatic amines is 2. The van der Waals surface area contributed by atoms with E-state index in [0.717, 1.165) is 42.3 Å². The molecule has 46 heavy (non-hydrogen) atoms. The van der Waals surface area contributed by atoms with Gasteiger partial charge >= 0.3 is 0 Å². The van der Waals surface area contributed by atoms with Crippen LogP contribution in [0.3, 0.4) is 0 Å². The molecule has 0 unspecified atom stereocenters. The third kappa shape index (κ3) is 6.16.